The zero-order valence-electron chi connectivity index (χ0n) is 13.9. The van der Waals surface area contributed by atoms with Crippen LogP contribution in [-0.4, -0.2) is 41.8 Å². The van der Waals surface area contributed by atoms with E-state index in [0.29, 0.717) is 12.0 Å². The Labute approximate surface area is 149 Å². The number of benzene rings is 2. The molecule has 26 heavy (non-hydrogen) atoms. The van der Waals surface area contributed by atoms with Gasteiger partial charge in [0.2, 0.25) is 0 Å². The van der Waals surface area contributed by atoms with E-state index in [4.69, 9.17) is 9.47 Å². The molecule has 0 saturated carbocycles. The molecule has 0 aliphatic carbocycles. The third-order valence-electron chi connectivity index (χ3n) is 4.07. The number of hydrogen-bond acceptors (Lipinski definition) is 7. The summed E-state index contributed by atoms with van der Waals surface area (Å²) in [7, 11) is 0. The molecule has 2 aromatic carbocycles. The minimum atomic E-state index is -0.886. The topological polar surface area (TPSA) is 102 Å². The van der Waals surface area contributed by atoms with E-state index in [-0.39, 0.29) is 31.2 Å². The maximum atomic E-state index is 11.4. The van der Waals surface area contributed by atoms with E-state index in [1.54, 1.807) is 11.0 Å². The molecule has 8 heteroatoms. The Morgan fingerprint density at radius 2 is 2.08 bits per heavy atom. The number of ether oxygens (including phenoxy) is 2. The van der Waals surface area contributed by atoms with Crippen LogP contribution in [0.15, 0.2) is 48.5 Å². The molecule has 1 saturated heterocycles. The Kier molecular flexibility index (Phi) is 5.45. The molecule has 1 unspecified atom stereocenters. The van der Waals surface area contributed by atoms with Gasteiger partial charge in [-0.1, -0.05) is 30.3 Å². The third kappa shape index (κ3) is 3.81. The van der Waals surface area contributed by atoms with Gasteiger partial charge in [-0.05, 0) is 17.7 Å². The van der Waals surface area contributed by atoms with E-state index in [1.807, 2.05) is 30.3 Å². The molecule has 2 atom stereocenters. The van der Waals surface area contributed by atoms with E-state index < -0.39 is 17.3 Å². The summed E-state index contributed by atoms with van der Waals surface area (Å²) in [4.78, 5) is 23.7. The Morgan fingerprint density at radius 3 is 2.73 bits per heavy atom. The highest BCUT2D eigenvalue weighted by Crippen LogP contribution is 2.34. The van der Waals surface area contributed by atoms with Crippen LogP contribution < -0.4 is 9.64 Å². The summed E-state index contributed by atoms with van der Waals surface area (Å²) in [6, 6.07) is 13.8. The number of nitrogens with zero attached hydrogens (tertiary/aromatic N) is 2. The van der Waals surface area contributed by atoms with Crippen molar-refractivity contribution in [3.63, 3.8) is 0 Å². The van der Waals surface area contributed by atoms with Crippen LogP contribution in [0.5, 0.6) is 5.75 Å². The molecule has 1 fully saturated rings. The van der Waals surface area contributed by atoms with Gasteiger partial charge in [0.05, 0.1) is 11.5 Å². The van der Waals surface area contributed by atoms with E-state index in [1.165, 1.54) is 12.1 Å². The summed E-state index contributed by atoms with van der Waals surface area (Å²) in [6.45, 7) is 0.236. The zero-order chi connectivity index (χ0) is 18.5. The van der Waals surface area contributed by atoms with Crippen LogP contribution in [0.1, 0.15) is 5.56 Å². The van der Waals surface area contributed by atoms with Gasteiger partial charge in [0.15, 0.2) is 18.3 Å². The average Bonchev–Trinajstić information content (AvgIpc) is 3.10. The predicted octanol–water partition coefficient (Wildman–Crippen LogP) is 1.90. The van der Waals surface area contributed by atoms with E-state index in [9.17, 15) is 20.0 Å². The van der Waals surface area contributed by atoms with Gasteiger partial charge in [0.25, 0.3) is 0 Å². The van der Waals surface area contributed by atoms with Crippen LogP contribution in [0.2, 0.25) is 0 Å². The van der Waals surface area contributed by atoms with Gasteiger partial charge < -0.3 is 19.5 Å². The standard InChI is InChI=1S/C18H18N2O6/c21-10-15-9-19(18(11-22)26-15)14-6-7-17(16(8-14)20(23)24)25-12-13-4-2-1-3-5-13/h1-8,11,15,18,21H,9-10,12H2/t15-,18?/m1/s1. The Morgan fingerprint density at radius 1 is 1.31 bits per heavy atom. The number of carbonyl (C=O) groups excluding carboxylic acids is 1. The summed E-state index contributed by atoms with van der Waals surface area (Å²) in [6.07, 6.45) is -0.803. The molecule has 1 heterocycles. The first-order chi connectivity index (χ1) is 12.6. The van der Waals surface area contributed by atoms with Crippen molar-refractivity contribution in [3.8, 4) is 5.75 Å². The fourth-order valence-electron chi connectivity index (χ4n) is 2.78. The fourth-order valence-corrected chi connectivity index (χ4v) is 2.78. The largest absolute Gasteiger partial charge is 0.482 e. The Balaban J connectivity index is 1.82. The number of aldehydes is 1. The molecule has 8 nitrogen and oxygen atoms in total. The van der Waals surface area contributed by atoms with Gasteiger partial charge in [-0.25, -0.2) is 0 Å². The second-order valence-corrected chi connectivity index (χ2v) is 5.80. The van der Waals surface area contributed by atoms with Crippen molar-refractivity contribution in [2.75, 3.05) is 18.1 Å². The highest BCUT2D eigenvalue weighted by atomic mass is 16.6. The van der Waals surface area contributed by atoms with Gasteiger partial charge in [0, 0.05) is 18.3 Å². The lowest BCUT2D eigenvalue weighted by Gasteiger charge is -2.21. The van der Waals surface area contributed by atoms with Gasteiger partial charge in [-0.15, -0.1) is 0 Å². The Bertz CT molecular complexity index is 783. The van der Waals surface area contributed by atoms with Crippen LogP contribution in [0.4, 0.5) is 11.4 Å². The third-order valence-corrected chi connectivity index (χ3v) is 4.07. The van der Waals surface area contributed by atoms with Crippen molar-refractivity contribution in [1.29, 1.82) is 0 Å². The molecular weight excluding hydrogens is 340 g/mol. The molecule has 1 aliphatic rings. The lowest BCUT2D eigenvalue weighted by molar-refractivity contribution is -0.385. The summed E-state index contributed by atoms with van der Waals surface area (Å²) in [5.41, 5.74) is 1.15. The summed E-state index contributed by atoms with van der Waals surface area (Å²) >= 11 is 0. The number of anilines is 1. The second kappa shape index (κ2) is 7.94. The van der Waals surface area contributed by atoms with Crippen LogP contribution in [0, 0.1) is 10.1 Å². The molecule has 1 aliphatic heterocycles. The first-order valence-electron chi connectivity index (χ1n) is 8.06. The number of nitro groups is 1. The number of hydrogen-bond donors (Lipinski definition) is 1. The summed E-state index contributed by atoms with van der Waals surface area (Å²) in [5, 5.41) is 20.7. The van der Waals surface area contributed by atoms with E-state index in [0.717, 1.165) is 5.56 Å². The van der Waals surface area contributed by atoms with Crippen LogP contribution in [0.25, 0.3) is 0 Å². The van der Waals surface area contributed by atoms with Crippen molar-refractivity contribution >= 4 is 17.7 Å². The lowest BCUT2D eigenvalue weighted by Crippen LogP contribution is -2.31. The molecule has 0 spiro atoms. The molecule has 3 rings (SSSR count). The lowest BCUT2D eigenvalue weighted by atomic mass is 10.2. The first kappa shape index (κ1) is 17.8. The molecular formula is C18H18N2O6. The monoisotopic (exact) mass is 358 g/mol. The normalized spacial score (nSPS) is 19.3. The van der Waals surface area contributed by atoms with Gasteiger partial charge in [-0.3, -0.25) is 14.9 Å². The second-order valence-electron chi connectivity index (χ2n) is 5.80. The minimum Gasteiger partial charge on any atom is -0.482 e. The molecule has 1 N–H and O–H groups in total. The molecule has 0 radical (unpaired) electrons. The van der Waals surface area contributed by atoms with Crippen molar-refractivity contribution in [1.82, 2.24) is 0 Å². The number of rotatable bonds is 7. The SMILES string of the molecule is O=CC1O[C@@H](CO)CN1c1ccc(OCc2ccccc2)c([N+](=O)[O-])c1. The zero-order valence-corrected chi connectivity index (χ0v) is 13.9. The molecule has 0 aromatic heterocycles. The highest BCUT2D eigenvalue weighted by molar-refractivity contribution is 5.68. The van der Waals surface area contributed by atoms with Crippen molar-refractivity contribution < 1.29 is 24.3 Å². The number of carbonyl (C=O) groups is 1. The summed E-state index contributed by atoms with van der Waals surface area (Å²) < 4.78 is 11.0. The molecule has 0 amide bonds. The quantitative estimate of drug-likeness (QED) is 0.458. The smallest absolute Gasteiger partial charge is 0.312 e. The Hall–Kier alpha value is -2.97. The van der Waals surface area contributed by atoms with Gasteiger partial charge in [0.1, 0.15) is 12.7 Å². The maximum Gasteiger partial charge on any atom is 0.312 e. The number of nitro benzene ring substituents is 1. The molecule has 0 bridgehead atoms. The number of aliphatic hydroxyl groups is 1. The van der Waals surface area contributed by atoms with Crippen molar-refractivity contribution in [2.45, 2.75) is 18.9 Å². The van der Waals surface area contributed by atoms with E-state index >= 15 is 0 Å². The van der Waals surface area contributed by atoms with Gasteiger partial charge >= 0.3 is 5.69 Å². The first-order valence-corrected chi connectivity index (χ1v) is 8.06. The summed E-state index contributed by atoms with van der Waals surface area (Å²) in [5.74, 6) is 0.143. The van der Waals surface area contributed by atoms with Crippen LogP contribution >= 0.6 is 0 Å². The predicted molar refractivity (Wildman–Crippen MR) is 93.0 cm³/mol. The van der Waals surface area contributed by atoms with Crippen LogP contribution in [0.3, 0.4) is 0 Å². The maximum absolute atomic E-state index is 11.4. The van der Waals surface area contributed by atoms with Crippen molar-refractivity contribution in [3.05, 3.63) is 64.2 Å². The van der Waals surface area contributed by atoms with Gasteiger partial charge in [-0.2, -0.15) is 0 Å². The molecule has 136 valence electrons. The fraction of sp³-hybridized carbons (Fsp3) is 0.278. The number of aliphatic hydroxyl groups excluding tert-OH is 1. The van der Waals surface area contributed by atoms with Crippen LogP contribution in [-0.2, 0) is 16.1 Å². The molecule has 2 aromatic rings. The average molecular weight is 358 g/mol. The minimum absolute atomic E-state index is 0.143. The van der Waals surface area contributed by atoms with E-state index in [2.05, 4.69) is 0 Å². The highest BCUT2D eigenvalue weighted by Gasteiger charge is 2.33. The van der Waals surface area contributed by atoms with Crippen molar-refractivity contribution in [2.24, 2.45) is 0 Å².